The number of guanidine groups is 1. The van der Waals surface area contributed by atoms with E-state index < -0.39 is 132 Å². The van der Waals surface area contributed by atoms with Crippen LogP contribution in [0.3, 0.4) is 0 Å². The summed E-state index contributed by atoms with van der Waals surface area (Å²) in [6, 6.07) is -2.81. The number of thioether (sulfide) groups is 1. The van der Waals surface area contributed by atoms with Gasteiger partial charge in [0, 0.05) is 13.1 Å². The van der Waals surface area contributed by atoms with Gasteiger partial charge in [-0.05, 0) is 88.2 Å². The second-order valence-electron chi connectivity index (χ2n) is 18.8. The average Bonchev–Trinajstić information content (AvgIpc) is 3.81. The van der Waals surface area contributed by atoms with Crippen LogP contribution in [0.4, 0.5) is 0 Å². The average molecular weight is 1050 g/mol. The summed E-state index contributed by atoms with van der Waals surface area (Å²) in [6.07, 6.45) is 0.584. The van der Waals surface area contributed by atoms with Crippen LogP contribution in [0.5, 0.6) is 0 Å². The van der Waals surface area contributed by atoms with E-state index in [0.29, 0.717) is 12.2 Å². The number of hydrogen-bond acceptors (Lipinski definition) is 14. The van der Waals surface area contributed by atoms with Crippen molar-refractivity contribution in [3.63, 3.8) is 0 Å². The molecule has 73 heavy (non-hydrogen) atoms. The van der Waals surface area contributed by atoms with Gasteiger partial charge < -0.3 is 75.3 Å². The molecule has 1 saturated heterocycles. The molecule has 1 aliphatic rings. The number of aliphatic imine (C=N–C) groups is 1. The van der Waals surface area contributed by atoms with E-state index in [1.54, 1.807) is 46.1 Å². The fraction of sp³-hybridized carbons (Fsp3) is 0.638. The number of aliphatic hydroxyl groups excluding tert-OH is 1. The van der Waals surface area contributed by atoms with Crippen molar-refractivity contribution < 1.29 is 58.2 Å². The lowest BCUT2D eigenvalue weighted by molar-refractivity contribution is -0.145. The molecule has 17 N–H and O–H groups in total. The van der Waals surface area contributed by atoms with Crippen molar-refractivity contribution in [3.05, 3.63) is 35.9 Å². The topological polar surface area (TPSA) is 415 Å². The molecule has 0 spiro atoms. The summed E-state index contributed by atoms with van der Waals surface area (Å²) in [5.41, 5.74) is 23.4. The van der Waals surface area contributed by atoms with Gasteiger partial charge in [-0.15, -0.1) is 0 Å². The highest BCUT2D eigenvalue weighted by molar-refractivity contribution is 7.98. The Hall–Kier alpha value is -6.54. The van der Waals surface area contributed by atoms with E-state index in [1.165, 1.54) is 25.6 Å². The van der Waals surface area contributed by atoms with Crippen molar-refractivity contribution in [2.24, 2.45) is 39.8 Å². The quantitative estimate of drug-likeness (QED) is 0.0198. The zero-order valence-electron chi connectivity index (χ0n) is 42.7. The Morgan fingerprint density at radius 3 is 1.84 bits per heavy atom. The number of rotatable bonds is 31. The van der Waals surface area contributed by atoms with E-state index in [2.05, 4.69) is 42.2 Å². The maximum absolute atomic E-state index is 14.1. The maximum atomic E-state index is 14.1. The molecule has 408 valence electrons. The van der Waals surface area contributed by atoms with Crippen molar-refractivity contribution in [2.45, 2.75) is 153 Å². The van der Waals surface area contributed by atoms with E-state index in [0.717, 1.165) is 10.5 Å². The number of nitrogens with two attached hydrogens (primary N) is 4. The number of hydrogen-bond donors (Lipinski definition) is 13. The van der Waals surface area contributed by atoms with E-state index in [4.69, 9.17) is 22.9 Å². The zero-order valence-corrected chi connectivity index (χ0v) is 43.5. The summed E-state index contributed by atoms with van der Waals surface area (Å²) in [5.74, 6) is -9.48. The number of nitrogens with zero attached hydrogens (tertiary/aromatic N) is 2. The third-order valence-corrected chi connectivity index (χ3v) is 12.3. The molecule has 1 aliphatic heterocycles. The van der Waals surface area contributed by atoms with Crippen molar-refractivity contribution >= 4 is 76.9 Å². The summed E-state index contributed by atoms with van der Waals surface area (Å²) in [7, 11) is 0. The largest absolute Gasteiger partial charge is 0.480 e. The summed E-state index contributed by atoms with van der Waals surface area (Å²) < 4.78 is 0. The van der Waals surface area contributed by atoms with Gasteiger partial charge in [0.05, 0.1) is 18.6 Å². The molecule has 0 saturated carbocycles. The lowest BCUT2D eigenvalue weighted by Gasteiger charge is -2.31. The van der Waals surface area contributed by atoms with Crippen LogP contribution in [0.15, 0.2) is 35.3 Å². The fourth-order valence-electron chi connectivity index (χ4n) is 7.74. The first-order valence-electron chi connectivity index (χ1n) is 24.2. The molecule has 10 atom stereocenters. The Bertz CT molecular complexity index is 2090. The lowest BCUT2D eigenvalue weighted by atomic mass is 9.99. The third-order valence-electron chi connectivity index (χ3n) is 11.7. The number of aliphatic hydroxyl groups is 1. The van der Waals surface area contributed by atoms with Crippen LogP contribution in [-0.2, 0) is 54.4 Å². The number of carbonyl (C=O) groups is 10. The van der Waals surface area contributed by atoms with Gasteiger partial charge in [0.25, 0.3) is 0 Å². The SMILES string of the molecule is CSCC[C@H](NC(=O)[C@H](CCCN=C(N)N)NC(=O)[C@@H](N)Cc1ccccc1)C(=O)N[C@H](C(=O)N[C@@H](CC(C)C)C(=O)N[C@H](C(=O)N[C@@H](CC(N)=O)C(=O)N1CCC[C@H]1C(=O)N[C@@H](C)C(=O)O)[C@@H](C)O)C(C)C. The summed E-state index contributed by atoms with van der Waals surface area (Å²) in [4.78, 5) is 139. The van der Waals surface area contributed by atoms with E-state index in [1.807, 2.05) is 18.2 Å². The molecule has 26 heteroatoms. The van der Waals surface area contributed by atoms with Crippen LogP contribution < -0.4 is 60.2 Å². The van der Waals surface area contributed by atoms with Crippen LogP contribution in [-0.4, -0.2) is 166 Å². The smallest absolute Gasteiger partial charge is 0.325 e. The summed E-state index contributed by atoms with van der Waals surface area (Å²) in [5, 5.41) is 37.9. The molecule has 0 aliphatic carbocycles. The number of aliphatic carboxylic acids is 1. The third kappa shape index (κ3) is 21.6. The molecule has 25 nitrogen and oxygen atoms in total. The molecule has 1 aromatic carbocycles. The van der Waals surface area contributed by atoms with E-state index >= 15 is 0 Å². The van der Waals surface area contributed by atoms with Crippen molar-refractivity contribution in [3.8, 4) is 0 Å². The number of nitrogens with one attached hydrogen (secondary N) is 7. The molecule has 0 unspecified atom stereocenters. The Morgan fingerprint density at radius 1 is 0.726 bits per heavy atom. The molecular weight excluding hydrogens is 971 g/mol. The number of carbonyl (C=O) groups excluding carboxylic acids is 9. The molecule has 1 fully saturated rings. The van der Waals surface area contributed by atoms with Gasteiger partial charge >= 0.3 is 5.97 Å². The highest BCUT2D eigenvalue weighted by Gasteiger charge is 2.41. The van der Waals surface area contributed by atoms with Gasteiger partial charge in [-0.1, -0.05) is 58.0 Å². The second kappa shape index (κ2) is 31.1. The lowest BCUT2D eigenvalue weighted by Crippen LogP contribution is -2.62. The molecular formula is C47H77N13O12S. The normalized spacial score (nSPS) is 17.0. The number of benzene rings is 1. The van der Waals surface area contributed by atoms with Gasteiger partial charge in [-0.25, -0.2) is 0 Å². The van der Waals surface area contributed by atoms with Crippen molar-refractivity contribution in [1.29, 1.82) is 0 Å². The Morgan fingerprint density at radius 2 is 1.27 bits per heavy atom. The molecule has 1 heterocycles. The van der Waals surface area contributed by atoms with Gasteiger partial charge in [0.15, 0.2) is 5.96 Å². The maximum Gasteiger partial charge on any atom is 0.325 e. The molecule has 9 amide bonds. The van der Waals surface area contributed by atoms with Gasteiger partial charge in [-0.2, -0.15) is 11.8 Å². The van der Waals surface area contributed by atoms with Crippen LogP contribution in [0.25, 0.3) is 0 Å². The first-order valence-corrected chi connectivity index (χ1v) is 25.6. The Balaban J connectivity index is 2.31. The first-order chi connectivity index (χ1) is 34.3. The van der Waals surface area contributed by atoms with E-state index in [-0.39, 0.29) is 63.5 Å². The highest BCUT2D eigenvalue weighted by atomic mass is 32.2. The number of carboxylic acid groups (broad SMARTS) is 1. The van der Waals surface area contributed by atoms with Gasteiger partial charge in [-0.3, -0.25) is 52.9 Å². The fourth-order valence-corrected chi connectivity index (χ4v) is 8.21. The predicted octanol–water partition coefficient (Wildman–Crippen LogP) is -3.19. The van der Waals surface area contributed by atoms with Gasteiger partial charge in [0.2, 0.25) is 53.2 Å². The van der Waals surface area contributed by atoms with Crippen LogP contribution >= 0.6 is 11.8 Å². The van der Waals surface area contributed by atoms with Crippen LogP contribution in [0, 0.1) is 11.8 Å². The number of carboxylic acids is 1. The molecule has 0 aromatic heterocycles. The zero-order chi connectivity index (χ0) is 55.1. The molecule has 0 radical (unpaired) electrons. The monoisotopic (exact) mass is 1050 g/mol. The van der Waals surface area contributed by atoms with Crippen molar-refractivity contribution in [1.82, 2.24) is 42.1 Å². The van der Waals surface area contributed by atoms with E-state index in [9.17, 15) is 58.2 Å². The van der Waals surface area contributed by atoms with Crippen LogP contribution in [0.2, 0.25) is 0 Å². The number of likely N-dealkylation sites (tertiary alicyclic amines) is 1. The first kappa shape index (κ1) is 62.6. The van der Waals surface area contributed by atoms with Gasteiger partial charge in [0.1, 0.15) is 48.3 Å². The summed E-state index contributed by atoms with van der Waals surface area (Å²) in [6.45, 7) is 9.38. The number of primary amides is 1. The second-order valence-corrected chi connectivity index (χ2v) is 19.8. The minimum atomic E-state index is -1.77. The summed E-state index contributed by atoms with van der Waals surface area (Å²) >= 11 is 1.39. The minimum absolute atomic E-state index is 0.00385. The van der Waals surface area contributed by atoms with Crippen molar-refractivity contribution in [2.75, 3.05) is 25.1 Å². The molecule has 0 bridgehead atoms. The Kier molecular flexibility index (Phi) is 26.7. The minimum Gasteiger partial charge on any atom is -0.480 e. The highest BCUT2D eigenvalue weighted by Crippen LogP contribution is 2.20. The van der Waals surface area contributed by atoms with Crippen LogP contribution in [0.1, 0.15) is 92.1 Å². The Labute approximate surface area is 430 Å². The molecule has 1 aromatic rings. The standard InChI is InChI=1S/C47H77N13O12S/c1-24(2)21-32(41(66)59-37(27(6)61)44(69)57-33(23-35(49)62)45(70)60-19-12-16-34(60)42(67)53-26(5)46(71)72)56-43(68)36(25(3)4)58-40(65)31(17-20-73-7)55-39(64)30(15-11-18-52-47(50)51)54-38(63)29(48)22-28-13-9-8-10-14-28/h8-10,13-14,24-27,29-34,36-37,61H,11-12,15-23,48H2,1-7H3,(H2,49,62)(H,53,67)(H,54,63)(H,55,64)(H,56,68)(H,57,69)(H,58,65)(H,59,66)(H,71,72)(H4,50,51,52)/t26-,27+,29-,30-,31-,32-,33-,34-,36-,37-/m0/s1. The molecule has 2 rings (SSSR count). The predicted molar refractivity (Wildman–Crippen MR) is 272 cm³/mol. The number of amides is 9.